The number of likely N-dealkylation sites (N-methyl/N-ethyl adjacent to an activating group) is 1. The summed E-state index contributed by atoms with van der Waals surface area (Å²) in [6.45, 7) is 8.00. The van der Waals surface area contributed by atoms with Crippen molar-refractivity contribution in [2.24, 2.45) is 0 Å². The van der Waals surface area contributed by atoms with E-state index in [9.17, 15) is 0 Å². The van der Waals surface area contributed by atoms with Gasteiger partial charge in [-0.25, -0.2) is 4.98 Å². The molecule has 2 aliphatic heterocycles. The molecule has 4 heterocycles. The number of nitrogens with zero attached hydrogens (tertiary/aromatic N) is 5. The van der Waals surface area contributed by atoms with Crippen LogP contribution in [0.5, 0.6) is 0 Å². The number of piperazine rings is 1. The molecule has 6 nitrogen and oxygen atoms in total. The van der Waals surface area contributed by atoms with Crippen LogP contribution in [0.4, 0.5) is 5.69 Å². The van der Waals surface area contributed by atoms with E-state index in [0.717, 1.165) is 69.0 Å². The summed E-state index contributed by atoms with van der Waals surface area (Å²) < 4.78 is 2.05. The van der Waals surface area contributed by atoms with E-state index >= 15 is 0 Å². The molecule has 0 unspecified atom stereocenters. The van der Waals surface area contributed by atoms with Crippen LogP contribution >= 0.6 is 11.3 Å². The first-order valence-electron chi connectivity index (χ1n) is 11.9. The van der Waals surface area contributed by atoms with Crippen molar-refractivity contribution in [3.05, 3.63) is 64.7 Å². The van der Waals surface area contributed by atoms with Crippen molar-refractivity contribution < 1.29 is 0 Å². The van der Waals surface area contributed by atoms with Gasteiger partial charge in [-0.15, -0.1) is 11.3 Å². The highest BCUT2D eigenvalue weighted by Gasteiger charge is 2.22. The minimum Gasteiger partial charge on any atom is -0.368 e. The Morgan fingerprint density at radius 1 is 0.970 bits per heavy atom. The Hall–Kier alpha value is -2.74. The minimum atomic E-state index is 0.636. The lowest BCUT2D eigenvalue weighted by atomic mass is 10.1. The number of fused-ring (bicyclic) bond motifs is 4. The molecule has 1 saturated heterocycles. The monoisotopic (exact) mass is 458 g/mol. The molecular weight excluding hydrogens is 428 g/mol. The molecular formula is C26H30N6S. The topological polar surface area (TPSA) is 51.4 Å². The van der Waals surface area contributed by atoms with Crippen molar-refractivity contribution in [3.8, 4) is 0 Å². The standard InChI is InChI=1S/C26H30N6S/c1-29-10-9-21-23(17-29)33-26-24(21)25(27)32(18-28-26)16-13-30-11-14-31(15-12-30)22-8-4-6-19-5-2-3-7-20(19)22/h2-8,18,27H,9-17H2,1H3. The Morgan fingerprint density at radius 2 is 1.79 bits per heavy atom. The van der Waals surface area contributed by atoms with Gasteiger partial charge in [0.05, 0.1) is 11.7 Å². The van der Waals surface area contributed by atoms with Crippen LogP contribution in [-0.4, -0.2) is 65.7 Å². The molecule has 2 aromatic carbocycles. The number of benzene rings is 2. The fraction of sp³-hybridized carbons (Fsp3) is 0.385. The van der Waals surface area contributed by atoms with E-state index in [1.807, 2.05) is 10.9 Å². The smallest absolute Gasteiger partial charge is 0.136 e. The summed E-state index contributed by atoms with van der Waals surface area (Å²) in [7, 11) is 2.17. The predicted molar refractivity (Wildman–Crippen MR) is 136 cm³/mol. The van der Waals surface area contributed by atoms with Crippen LogP contribution in [0.3, 0.4) is 0 Å². The maximum Gasteiger partial charge on any atom is 0.136 e. The third kappa shape index (κ3) is 3.84. The third-order valence-corrected chi connectivity index (χ3v) is 8.33. The third-order valence-electron chi connectivity index (χ3n) is 7.20. The second-order valence-electron chi connectivity index (χ2n) is 9.29. The van der Waals surface area contributed by atoms with E-state index in [-0.39, 0.29) is 0 Å². The van der Waals surface area contributed by atoms with Crippen LogP contribution in [0, 0.1) is 5.41 Å². The average molecular weight is 459 g/mol. The van der Waals surface area contributed by atoms with Gasteiger partial charge in [-0.3, -0.25) is 10.3 Å². The van der Waals surface area contributed by atoms with Gasteiger partial charge in [0.15, 0.2) is 0 Å². The first-order chi connectivity index (χ1) is 16.2. The van der Waals surface area contributed by atoms with Gasteiger partial charge in [-0.2, -0.15) is 0 Å². The van der Waals surface area contributed by atoms with Crippen molar-refractivity contribution >= 4 is 38.0 Å². The van der Waals surface area contributed by atoms with Gasteiger partial charge in [0, 0.05) is 68.3 Å². The lowest BCUT2D eigenvalue weighted by Gasteiger charge is -2.36. The maximum atomic E-state index is 8.87. The van der Waals surface area contributed by atoms with E-state index in [2.05, 4.69) is 64.2 Å². The average Bonchev–Trinajstić information content (AvgIpc) is 3.22. The summed E-state index contributed by atoms with van der Waals surface area (Å²) in [5.74, 6) is 0. The zero-order valence-corrected chi connectivity index (χ0v) is 19.9. The van der Waals surface area contributed by atoms with Gasteiger partial charge < -0.3 is 14.4 Å². The fourth-order valence-electron chi connectivity index (χ4n) is 5.29. The van der Waals surface area contributed by atoms with Crippen molar-refractivity contribution in [1.29, 1.82) is 5.41 Å². The van der Waals surface area contributed by atoms with Crippen molar-refractivity contribution in [1.82, 2.24) is 19.4 Å². The highest BCUT2D eigenvalue weighted by molar-refractivity contribution is 7.18. The molecule has 1 fully saturated rings. The Morgan fingerprint density at radius 3 is 2.67 bits per heavy atom. The predicted octanol–water partition coefficient (Wildman–Crippen LogP) is 3.54. The molecule has 2 aromatic heterocycles. The van der Waals surface area contributed by atoms with E-state index in [0.29, 0.717) is 5.49 Å². The summed E-state index contributed by atoms with van der Waals surface area (Å²) in [5.41, 5.74) is 3.35. The molecule has 7 heteroatoms. The summed E-state index contributed by atoms with van der Waals surface area (Å²) in [6.07, 6.45) is 2.90. The molecule has 0 atom stereocenters. The number of anilines is 1. The Labute approximate surface area is 198 Å². The summed E-state index contributed by atoms with van der Waals surface area (Å²) >= 11 is 1.77. The first-order valence-corrected chi connectivity index (χ1v) is 12.7. The van der Waals surface area contributed by atoms with Crippen molar-refractivity contribution in [3.63, 3.8) is 0 Å². The van der Waals surface area contributed by atoms with E-state index in [1.54, 1.807) is 11.3 Å². The second kappa shape index (κ2) is 8.56. The van der Waals surface area contributed by atoms with Gasteiger partial charge in [0.2, 0.25) is 0 Å². The number of aromatic nitrogens is 2. The van der Waals surface area contributed by atoms with Crippen molar-refractivity contribution in [2.75, 3.05) is 51.2 Å². The number of rotatable bonds is 4. The van der Waals surface area contributed by atoms with Gasteiger partial charge in [-0.05, 0) is 30.5 Å². The molecule has 2 aliphatic rings. The van der Waals surface area contributed by atoms with Crippen LogP contribution in [0.15, 0.2) is 48.8 Å². The van der Waals surface area contributed by atoms with Gasteiger partial charge in [0.1, 0.15) is 10.3 Å². The lowest BCUT2D eigenvalue weighted by Crippen LogP contribution is -2.47. The Bertz CT molecular complexity index is 1360. The van der Waals surface area contributed by atoms with E-state index in [1.165, 1.54) is 26.9 Å². The molecule has 0 bridgehead atoms. The van der Waals surface area contributed by atoms with E-state index < -0.39 is 0 Å². The van der Waals surface area contributed by atoms with E-state index in [4.69, 9.17) is 10.4 Å². The molecule has 0 aliphatic carbocycles. The van der Waals surface area contributed by atoms with Crippen LogP contribution < -0.4 is 10.4 Å². The molecule has 4 aromatic rings. The van der Waals surface area contributed by atoms with Crippen LogP contribution in [0.25, 0.3) is 21.0 Å². The molecule has 1 N–H and O–H groups in total. The highest BCUT2D eigenvalue weighted by atomic mass is 32.1. The van der Waals surface area contributed by atoms with Crippen LogP contribution in [0.1, 0.15) is 10.4 Å². The number of hydrogen-bond acceptors (Lipinski definition) is 6. The quantitative estimate of drug-likeness (QED) is 0.508. The Kier molecular flexibility index (Phi) is 5.40. The summed E-state index contributed by atoms with van der Waals surface area (Å²) in [5, 5.41) is 12.6. The lowest BCUT2D eigenvalue weighted by molar-refractivity contribution is 0.246. The molecule has 0 radical (unpaired) electrons. The van der Waals surface area contributed by atoms with Crippen LogP contribution in [-0.2, 0) is 19.5 Å². The molecule has 6 rings (SSSR count). The van der Waals surface area contributed by atoms with Gasteiger partial charge in [-0.1, -0.05) is 36.4 Å². The zero-order valence-electron chi connectivity index (χ0n) is 19.1. The largest absolute Gasteiger partial charge is 0.368 e. The zero-order chi connectivity index (χ0) is 22.4. The number of hydrogen-bond donors (Lipinski definition) is 1. The van der Waals surface area contributed by atoms with Crippen LogP contribution in [0.2, 0.25) is 0 Å². The molecule has 170 valence electrons. The van der Waals surface area contributed by atoms with Crippen molar-refractivity contribution in [2.45, 2.75) is 19.5 Å². The fourth-order valence-corrected chi connectivity index (χ4v) is 6.56. The molecule has 33 heavy (non-hydrogen) atoms. The number of nitrogens with one attached hydrogen (secondary N) is 1. The SMILES string of the molecule is CN1CCc2c(sc3ncn(CCN4CCN(c5cccc6ccccc56)CC4)c(=N)c23)C1. The second-order valence-corrected chi connectivity index (χ2v) is 10.4. The maximum absolute atomic E-state index is 8.87. The minimum absolute atomic E-state index is 0.636. The highest BCUT2D eigenvalue weighted by Crippen LogP contribution is 2.31. The summed E-state index contributed by atoms with van der Waals surface area (Å²) in [6, 6.07) is 15.3. The summed E-state index contributed by atoms with van der Waals surface area (Å²) in [4.78, 5) is 14.5. The van der Waals surface area contributed by atoms with Gasteiger partial charge >= 0.3 is 0 Å². The molecule has 0 saturated carbocycles. The molecule has 0 amide bonds. The van der Waals surface area contributed by atoms with Gasteiger partial charge in [0.25, 0.3) is 0 Å². The molecule has 0 spiro atoms. The number of thiophene rings is 1. The Balaban J connectivity index is 1.14. The normalized spacial score (nSPS) is 17.7. The first kappa shape index (κ1) is 20.8.